The molecule has 3 N–H and O–H groups in total. The largest absolute Gasteiger partial charge is 0.513 e. The number of aliphatic carboxylic acids is 1. The molecule has 2 atom stereocenters. The van der Waals surface area contributed by atoms with Crippen LogP contribution in [0.2, 0.25) is 0 Å². The van der Waals surface area contributed by atoms with E-state index in [-0.39, 0.29) is 44.0 Å². The summed E-state index contributed by atoms with van der Waals surface area (Å²) in [5.74, 6) is -1.69. The van der Waals surface area contributed by atoms with Crippen LogP contribution in [-0.2, 0) is 30.2 Å². The molecule has 1 unspecified atom stereocenters. The number of carboxylic acid groups (broad SMARTS) is 1. The van der Waals surface area contributed by atoms with Gasteiger partial charge in [-0.05, 0) is 49.8 Å². The molecule has 11 heteroatoms. The zero-order valence-corrected chi connectivity index (χ0v) is 22.2. The molecule has 0 aromatic heterocycles. The van der Waals surface area contributed by atoms with Crippen molar-refractivity contribution in [3.8, 4) is 11.5 Å². The van der Waals surface area contributed by atoms with Crippen molar-refractivity contribution in [2.75, 3.05) is 13.2 Å². The number of carbonyl (C=O) groups excluding carboxylic acids is 3. The third-order valence-electron chi connectivity index (χ3n) is 5.10. The normalized spacial score (nSPS) is 13.3. The fourth-order valence-corrected chi connectivity index (χ4v) is 3.28. The van der Waals surface area contributed by atoms with Gasteiger partial charge in [-0.15, -0.1) is 0 Å². The summed E-state index contributed by atoms with van der Waals surface area (Å²) in [6, 6.07) is 4.15. The second kappa shape index (κ2) is 15.7. The van der Waals surface area contributed by atoms with Crippen molar-refractivity contribution < 1.29 is 48.0 Å². The molecule has 0 heterocycles. The van der Waals surface area contributed by atoms with E-state index < -0.39 is 35.9 Å². The predicted molar refractivity (Wildman–Crippen MR) is 133 cm³/mol. The van der Waals surface area contributed by atoms with Crippen LogP contribution in [0.15, 0.2) is 18.2 Å². The Morgan fingerprint density at radius 2 is 1.51 bits per heavy atom. The van der Waals surface area contributed by atoms with Crippen LogP contribution in [0, 0.1) is 5.92 Å². The van der Waals surface area contributed by atoms with Gasteiger partial charge in [0.05, 0.1) is 13.2 Å². The zero-order valence-electron chi connectivity index (χ0n) is 22.2. The first-order valence-electron chi connectivity index (χ1n) is 12.4. The first-order valence-corrected chi connectivity index (χ1v) is 12.4. The highest BCUT2D eigenvalue weighted by Gasteiger charge is 2.37. The van der Waals surface area contributed by atoms with Gasteiger partial charge in [-0.3, -0.25) is 9.59 Å². The number of carbonyl (C=O) groups is 4. The fraction of sp³-hybridized carbons (Fsp3) is 0.615. The summed E-state index contributed by atoms with van der Waals surface area (Å²) in [5, 5.41) is 9.86. The minimum atomic E-state index is -1.81. The van der Waals surface area contributed by atoms with Crippen LogP contribution in [-0.4, -0.2) is 54.2 Å². The summed E-state index contributed by atoms with van der Waals surface area (Å²) in [5.41, 5.74) is 4.80. The Labute approximate surface area is 217 Å². The standard InChI is InChI=1S/C26H39NO10/c1-6-12-33-24(31)36-20-10-9-19(14-21(20)37-25(32)34-13-7-2)16-26(27,23(29)30)15-18(5)35-22(28)11-8-17(3)4/h9-10,14,17-18H,6-8,11-13,15-16,27H2,1-5H3,(H,29,30)/t18-,26?/m0/s1. The molecule has 37 heavy (non-hydrogen) atoms. The van der Waals surface area contributed by atoms with Gasteiger partial charge in [0, 0.05) is 19.3 Å². The van der Waals surface area contributed by atoms with Gasteiger partial charge in [-0.25, -0.2) is 9.59 Å². The first kappa shape index (κ1) is 31.7. The molecule has 1 aromatic carbocycles. The number of rotatable bonds is 15. The molecule has 0 saturated carbocycles. The summed E-state index contributed by atoms with van der Waals surface area (Å²) in [7, 11) is 0. The van der Waals surface area contributed by atoms with Crippen molar-refractivity contribution in [3.05, 3.63) is 23.8 Å². The van der Waals surface area contributed by atoms with Crippen LogP contribution in [0.4, 0.5) is 9.59 Å². The van der Waals surface area contributed by atoms with Gasteiger partial charge in [0.15, 0.2) is 11.5 Å². The maximum atomic E-state index is 12.1. The van der Waals surface area contributed by atoms with Gasteiger partial charge in [0.1, 0.15) is 11.6 Å². The van der Waals surface area contributed by atoms with Crippen molar-refractivity contribution in [2.45, 2.75) is 84.8 Å². The topological polar surface area (TPSA) is 161 Å². The molecule has 1 rings (SSSR count). The lowest BCUT2D eigenvalue weighted by Crippen LogP contribution is -2.52. The monoisotopic (exact) mass is 525 g/mol. The molecule has 11 nitrogen and oxygen atoms in total. The van der Waals surface area contributed by atoms with Crippen molar-refractivity contribution >= 4 is 24.2 Å². The molecule has 0 aliphatic rings. The van der Waals surface area contributed by atoms with Crippen molar-refractivity contribution in [1.82, 2.24) is 0 Å². The maximum absolute atomic E-state index is 12.1. The number of carboxylic acids is 1. The third kappa shape index (κ3) is 12.0. The summed E-state index contributed by atoms with van der Waals surface area (Å²) >= 11 is 0. The molecule has 208 valence electrons. The number of nitrogens with two attached hydrogens (primary N) is 1. The molecule has 0 aliphatic heterocycles. The molecular weight excluding hydrogens is 486 g/mol. The van der Waals surface area contributed by atoms with Crippen molar-refractivity contribution in [2.24, 2.45) is 11.7 Å². The van der Waals surface area contributed by atoms with Crippen LogP contribution in [0.3, 0.4) is 0 Å². The Bertz CT molecular complexity index is 917. The maximum Gasteiger partial charge on any atom is 0.513 e. The van der Waals surface area contributed by atoms with E-state index in [1.54, 1.807) is 6.92 Å². The van der Waals surface area contributed by atoms with Gasteiger partial charge in [0.25, 0.3) is 0 Å². The molecule has 0 aliphatic carbocycles. The van der Waals surface area contributed by atoms with E-state index >= 15 is 0 Å². The van der Waals surface area contributed by atoms with E-state index in [9.17, 15) is 24.3 Å². The molecule has 0 radical (unpaired) electrons. The van der Waals surface area contributed by atoms with Gasteiger partial charge in [0.2, 0.25) is 0 Å². The van der Waals surface area contributed by atoms with E-state index in [4.69, 9.17) is 29.4 Å². The Balaban J connectivity index is 3.09. The number of ether oxygens (including phenoxy) is 5. The average molecular weight is 526 g/mol. The zero-order chi connectivity index (χ0) is 28.0. The molecule has 0 bridgehead atoms. The Morgan fingerprint density at radius 1 is 0.946 bits per heavy atom. The summed E-state index contributed by atoms with van der Waals surface area (Å²) in [6.07, 6.45) is -1.10. The van der Waals surface area contributed by atoms with Crippen LogP contribution in [0.25, 0.3) is 0 Å². The van der Waals surface area contributed by atoms with Gasteiger partial charge < -0.3 is 34.5 Å². The number of hydrogen-bond acceptors (Lipinski definition) is 10. The second-order valence-corrected chi connectivity index (χ2v) is 9.26. The quantitative estimate of drug-likeness (QED) is 0.187. The van der Waals surface area contributed by atoms with Gasteiger partial charge >= 0.3 is 24.2 Å². The Morgan fingerprint density at radius 3 is 2.03 bits per heavy atom. The minimum Gasteiger partial charge on any atom is -0.480 e. The van der Waals surface area contributed by atoms with E-state index in [1.165, 1.54) is 18.2 Å². The molecule has 0 spiro atoms. The fourth-order valence-electron chi connectivity index (χ4n) is 3.28. The predicted octanol–water partition coefficient (Wildman–Crippen LogP) is 4.62. The highest BCUT2D eigenvalue weighted by Crippen LogP contribution is 2.31. The summed E-state index contributed by atoms with van der Waals surface area (Å²) < 4.78 is 25.5. The third-order valence-corrected chi connectivity index (χ3v) is 5.10. The minimum absolute atomic E-state index is 0.117. The smallest absolute Gasteiger partial charge is 0.480 e. The second-order valence-electron chi connectivity index (χ2n) is 9.26. The van der Waals surface area contributed by atoms with Gasteiger partial charge in [-0.2, -0.15) is 0 Å². The highest BCUT2D eigenvalue weighted by atomic mass is 16.7. The number of hydrogen-bond donors (Lipinski definition) is 2. The van der Waals surface area contributed by atoms with E-state index in [2.05, 4.69) is 0 Å². The van der Waals surface area contributed by atoms with Crippen LogP contribution < -0.4 is 15.2 Å². The van der Waals surface area contributed by atoms with Crippen molar-refractivity contribution in [3.63, 3.8) is 0 Å². The lowest BCUT2D eigenvalue weighted by molar-refractivity contribution is -0.153. The lowest BCUT2D eigenvalue weighted by atomic mass is 9.86. The van der Waals surface area contributed by atoms with E-state index in [1.807, 2.05) is 27.7 Å². The average Bonchev–Trinajstić information content (AvgIpc) is 2.81. The Hall–Kier alpha value is -3.34. The van der Waals surface area contributed by atoms with Crippen LogP contribution in [0.1, 0.15) is 72.3 Å². The SMILES string of the molecule is CCCOC(=O)Oc1ccc(CC(N)(C[C@H](C)OC(=O)CCC(C)C)C(=O)O)cc1OC(=O)OCCC. The number of esters is 1. The van der Waals surface area contributed by atoms with E-state index in [0.717, 1.165) is 0 Å². The highest BCUT2D eigenvalue weighted by molar-refractivity contribution is 5.79. The summed E-state index contributed by atoms with van der Waals surface area (Å²) in [4.78, 5) is 48.1. The van der Waals surface area contributed by atoms with Crippen LogP contribution in [0.5, 0.6) is 11.5 Å². The first-order chi connectivity index (χ1) is 17.4. The number of benzene rings is 1. The van der Waals surface area contributed by atoms with Gasteiger partial charge in [-0.1, -0.05) is 33.8 Å². The molecule has 0 saturated heterocycles. The molecular formula is C26H39NO10. The van der Waals surface area contributed by atoms with Crippen LogP contribution >= 0.6 is 0 Å². The molecule has 0 amide bonds. The lowest BCUT2D eigenvalue weighted by Gasteiger charge is -2.28. The summed E-state index contributed by atoms with van der Waals surface area (Å²) in [6.45, 7) is 9.42. The van der Waals surface area contributed by atoms with Crippen molar-refractivity contribution in [1.29, 1.82) is 0 Å². The van der Waals surface area contributed by atoms with E-state index in [0.29, 0.717) is 30.7 Å². The molecule has 1 aromatic rings. The Kier molecular flexibility index (Phi) is 13.4. The molecule has 0 fully saturated rings.